The van der Waals surface area contributed by atoms with Crippen molar-refractivity contribution < 1.29 is 23.8 Å². The maximum absolute atomic E-state index is 13.1. The number of alkyl halides is 1. The van der Waals surface area contributed by atoms with Crippen LogP contribution < -0.4 is 14.2 Å². The lowest BCUT2D eigenvalue weighted by atomic mass is 9.99. The van der Waals surface area contributed by atoms with Gasteiger partial charge < -0.3 is 14.2 Å². The number of ketones is 1. The number of aldehydes is 1. The summed E-state index contributed by atoms with van der Waals surface area (Å²) >= 11 is 3.32. The Morgan fingerprint density at radius 3 is 2.57 bits per heavy atom. The molecule has 0 N–H and O–H groups in total. The second-order valence-corrected chi connectivity index (χ2v) is 6.62. The number of methoxy groups -OCH3 is 2. The average Bonchev–Trinajstić information content (AvgIpc) is 2.75. The summed E-state index contributed by atoms with van der Waals surface area (Å²) in [4.78, 5) is 28.9. The first-order chi connectivity index (χ1) is 13.6. The Balaban J connectivity index is 2.21. The molecule has 1 aromatic heterocycles. The minimum atomic E-state index is -0.280. The van der Waals surface area contributed by atoms with Gasteiger partial charge in [-0.1, -0.05) is 28.1 Å². The zero-order valence-corrected chi connectivity index (χ0v) is 17.0. The van der Waals surface area contributed by atoms with Gasteiger partial charge in [0.15, 0.2) is 17.8 Å². The van der Waals surface area contributed by atoms with Gasteiger partial charge in [0.25, 0.3) is 0 Å². The fraction of sp³-hybridized carbons (Fsp3) is 0.190. The highest BCUT2D eigenvalue weighted by Crippen LogP contribution is 2.35. The maximum Gasteiger partial charge on any atom is 0.212 e. The molecule has 0 atom stereocenters. The highest BCUT2D eigenvalue weighted by Gasteiger charge is 2.19. The second-order valence-electron chi connectivity index (χ2n) is 5.83. The number of benzene rings is 2. The molecule has 7 heteroatoms. The van der Waals surface area contributed by atoms with E-state index in [1.54, 1.807) is 36.4 Å². The number of rotatable bonds is 8. The van der Waals surface area contributed by atoms with Crippen molar-refractivity contribution in [1.29, 1.82) is 0 Å². The Bertz CT molecular complexity index is 1030. The number of carbonyl (C=O) groups is 2. The molecule has 0 saturated carbocycles. The highest BCUT2D eigenvalue weighted by molar-refractivity contribution is 9.09. The Labute approximate surface area is 170 Å². The first-order valence-electron chi connectivity index (χ1n) is 8.46. The van der Waals surface area contributed by atoms with Gasteiger partial charge in [-0.3, -0.25) is 14.6 Å². The molecular weight excluding hydrogens is 426 g/mol. The molecule has 6 nitrogen and oxygen atoms in total. The number of nitrogens with zero attached hydrogens (tertiary/aromatic N) is 1. The van der Waals surface area contributed by atoms with Crippen LogP contribution in [-0.4, -0.2) is 43.2 Å². The van der Waals surface area contributed by atoms with Crippen molar-refractivity contribution in [3.8, 4) is 17.2 Å². The van der Waals surface area contributed by atoms with E-state index >= 15 is 0 Å². The van der Waals surface area contributed by atoms with Gasteiger partial charge in [0.2, 0.25) is 5.78 Å². The molecule has 0 amide bonds. The zero-order valence-electron chi connectivity index (χ0n) is 15.4. The van der Waals surface area contributed by atoms with Crippen LogP contribution in [0.3, 0.4) is 0 Å². The minimum Gasteiger partial charge on any atom is -0.497 e. The molecule has 0 aliphatic carbocycles. The summed E-state index contributed by atoms with van der Waals surface area (Å²) in [6.45, 7) is 0.418. The van der Waals surface area contributed by atoms with Crippen molar-refractivity contribution in [2.45, 2.75) is 0 Å². The van der Waals surface area contributed by atoms with Gasteiger partial charge in [0, 0.05) is 28.0 Å². The van der Waals surface area contributed by atoms with Crippen LogP contribution in [0, 0.1) is 0 Å². The smallest absolute Gasteiger partial charge is 0.212 e. The first-order valence-corrected chi connectivity index (χ1v) is 9.58. The van der Waals surface area contributed by atoms with Crippen LogP contribution in [0.15, 0.2) is 42.6 Å². The molecule has 28 heavy (non-hydrogen) atoms. The summed E-state index contributed by atoms with van der Waals surface area (Å²) in [5, 5.41) is 1.72. The summed E-state index contributed by atoms with van der Waals surface area (Å²) in [7, 11) is 3.06. The predicted molar refractivity (Wildman–Crippen MR) is 109 cm³/mol. The Hall–Kier alpha value is -2.93. The molecule has 0 fully saturated rings. The number of pyridine rings is 1. The summed E-state index contributed by atoms with van der Waals surface area (Å²) in [6.07, 6.45) is 2.09. The molecule has 3 rings (SSSR count). The van der Waals surface area contributed by atoms with Gasteiger partial charge in [0.05, 0.1) is 20.8 Å². The molecule has 2 aromatic carbocycles. The molecular formula is C21H18BrNO5. The zero-order chi connectivity index (χ0) is 20.1. The molecule has 144 valence electrons. The van der Waals surface area contributed by atoms with Crippen molar-refractivity contribution in [1.82, 2.24) is 4.98 Å². The molecule has 0 aliphatic rings. The normalized spacial score (nSPS) is 10.5. The highest BCUT2D eigenvalue weighted by atomic mass is 79.9. The van der Waals surface area contributed by atoms with Crippen molar-refractivity contribution in [2.24, 2.45) is 0 Å². The minimum absolute atomic E-state index is 0.222. The van der Waals surface area contributed by atoms with E-state index in [9.17, 15) is 9.59 Å². The number of hydrogen-bond acceptors (Lipinski definition) is 6. The van der Waals surface area contributed by atoms with Gasteiger partial charge in [0.1, 0.15) is 11.4 Å². The van der Waals surface area contributed by atoms with Crippen LogP contribution in [0.1, 0.15) is 26.4 Å². The molecule has 0 bridgehead atoms. The van der Waals surface area contributed by atoms with Gasteiger partial charge in [-0.25, -0.2) is 0 Å². The summed E-state index contributed by atoms with van der Waals surface area (Å²) < 4.78 is 16.3. The largest absolute Gasteiger partial charge is 0.497 e. The predicted octanol–water partition coefficient (Wildman–Crippen LogP) is 4.07. The van der Waals surface area contributed by atoms with Crippen LogP contribution >= 0.6 is 15.9 Å². The quantitative estimate of drug-likeness (QED) is 0.296. The van der Waals surface area contributed by atoms with E-state index in [2.05, 4.69) is 20.9 Å². The van der Waals surface area contributed by atoms with E-state index < -0.39 is 0 Å². The lowest BCUT2D eigenvalue weighted by Gasteiger charge is -2.14. The van der Waals surface area contributed by atoms with Crippen molar-refractivity contribution in [2.75, 3.05) is 26.2 Å². The third kappa shape index (κ3) is 3.84. The average molecular weight is 444 g/mol. The van der Waals surface area contributed by atoms with E-state index in [0.717, 1.165) is 0 Å². The number of fused-ring (bicyclic) bond motifs is 1. The molecule has 0 unspecified atom stereocenters. The Morgan fingerprint density at radius 1 is 1.11 bits per heavy atom. The van der Waals surface area contributed by atoms with Crippen molar-refractivity contribution in [3.05, 3.63) is 59.4 Å². The third-order valence-corrected chi connectivity index (χ3v) is 4.54. The van der Waals surface area contributed by atoms with E-state index in [1.165, 1.54) is 20.4 Å². The van der Waals surface area contributed by atoms with Gasteiger partial charge >= 0.3 is 0 Å². The molecule has 0 radical (unpaired) electrons. The molecule has 0 spiro atoms. The fourth-order valence-corrected chi connectivity index (χ4v) is 3.03. The van der Waals surface area contributed by atoms with Crippen LogP contribution in [0.25, 0.3) is 10.8 Å². The SMILES string of the molecule is COc1cccc(C(=O)c2ncc(C=O)c3cc(OC)c(OCCBr)cc23)c1. The summed E-state index contributed by atoms with van der Waals surface area (Å²) in [5.41, 5.74) is 1.02. The molecule has 3 aromatic rings. The maximum atomic E-state index is 13.1. The lowest BCUT2D eigenvalue weighted by molar-refractivity contribution is 0.103. The molecule has 0 aliphatic heterocycles. The summed E-state index contributed by atoms with van der Waals surface area (Å²) in [6, 6.07) is 10.2. The number of halogens is 1. The number of carbonyl (C=O) groups excluding carboxylic acids is 2. The van der Waals surface area contributed by atoms with Crippen molar-refractivity contribution >= 4 is 38.8 Å². The lowest BCUT2D eigenvalue weighted by Crippen LogP contribution is -2.07. The van der Waals surface area contributed by atoms with Gasteiger partial charge in [-0.05, 0) is 29.7 Å². The number of aromatic nitrogens is 1. The molecule has 0 saturated heterocycles. The topological polar surface area (TPSA) is 74.7 Å². The van der Waals surface area contributed by atoms with E-state index in [0.29, 0.717) is 57.4 Å². The van der Waals surface area contributed by atoms with Crippen LogP contribution in [0.4, 0.5) is 0 Å². The first kappa shape index (κ1) is 19.8. The Kier molecular flexibility index (Phi) is 6.26. The summed E-state index contributed by atoms with van der Waals surface area (Å²) in [5.74, 6) is 1.24. The van der Waals surface area contributed by atoms with E-state index in [-0.39, 0.29) is 11.5 Å². The van der Waals surface area contributed by atoms with E-state index in [4.69, 9.17) is 14.2 Å². The van der Waals surface area contributed by atoms with Crippen LogP contribution in [0.5, 0.6) is 17.2 Å². The Morgan fingerprint density at radius 2 is 1.89 bits per heavy atom. The monoisotopic (exact) mass is 443 g/mol. The molecule has 1 heterocycles. The number of hydrogen-bond donors (Lipinski definition) is 0. The standard InChI is InChI=1S/C21H18BrNO5/c1-26-15-5-3-4-13(8-15)21(25)20-17-10-19(28-7-6-22)18(27-2)9-16(17)14(12-24)11-23-20/h3-5,8-12H,6-7H2,1-2H3. The third-order valence-electron chi connectivity index (χ3n) is 4.21. The van der Waals surface area contributed by atoms with E-state index in [1.807, 2.05) is 0 Å². The van der Waals surface area contributed by atoms with Gasteiger partial charge in [-0.15, -0.1) is 0 Å². The van der Waals surface area contributed by atoms with Crippen molar-refractivity contribution in [3.63, 3.8) is 0 Å². The van der Waals surface area contributed by atoms with Crippen LogP contribution in [-0.2, 0) is 0 Å². The second kappa shape index (κ2) is 8.84. The fourth-order valence-electron chi connectivity index (χ4n) is 2.86. The van der Waals surface area contributed by atoms with Gasteiger partial charge in [-0.2, -0.15) is 0 Å². The van der Waals surface area contributed by atoms with Crippen LogP contribution in [0.2, 0.25) is 0 Å². The number of ether oxygens (including phenoxy) is 3.